The maximum Gasteiger partial charge on any atom is 0.253 e. The molecule has 4 rings (SSSR count). The molecule has 1 saturated heterocycles. The van der Waals surface area contributed by atoms with Crippen molar-refractivity contribution in [3.63, 3.8) is 0 Å². The van der Waals surface area contributed by atoms with Crippen molar-refractivity contribution in [1.29, 1.82) is 0 Å². The molecule has 1 aliphatic heterocycles. The molecular weight excluding hydrogens is 398 g/mol. The zero-order valence-corrected chi connectivity index (χ0v) is 18.4. The topological polar surface area (TPSA) is 69.7 Å². The molecule has 0 radical (unpaired) electrons. The van der Waals surface area contributed by atoms with E-state index in [1.807, 2.05) is 12.1 Å². The molecule has 0 spiro atoms. The van der Waals surface area contributed by atoms with Gasteiger partial charge in [0, 0.05) is 32.9 Å². The Labute approximate surface area is 178 Å². The molecule has 1 N–H and O–H groups in total. The molecule has 160 valence electrons. The first-order chi connectivity index (χ1) is 14.4. The molecule has 7 heteroatoms. The molecule has 1 fully saturated rings. The van der Waals surface area contributed by atoms with Gasteiger partial charge in [0.1, 0.15) is 0 Å². The number of nitrogens with one attached hydrogen (secondary N) is 1. The van der Waals surface area contributed by atoms with Gasteiger partial charge >= 0.3 is 0 Å². The first-order valence-corrected chi connectivity index (χ1v) is 12.0. The zero-order chi connectivity index (χ0) is 21.3. The van der Waals surface area contributed by atoms with E-state index >= 15 is 0 Å². The number of nitrogens with zero attached hydrogens (tertiary/aromatic N) is 2. The molecule has 0 aromatic heterocycles. The summed E-state index contributed by atoms with van der Waals surface area (Å²) in [6, 6.07) is 13.1. The van der Waals surface area contributed by atoms with Crippen LogP contribution in [0, 0.1) is 0 Å². The van der Waals surface area contributed by atoms with E-state index in [1.165, 1.54) is 30.0 Å². The minimum atomic E-state index is -3.62. The van der Waals surface area contributed by atoms with Crippen molar-refractivity contribution in [1.82, 2.24) is 9.62 Å². The Morgan fingerprint density at radius 1 is 1.07 bits per heavy atom. The van der Waals surface area contributed by atoms with Crippen LogP contribution in [0.5, 0.6) is 0 Å². The molecule has 6 nitrogen and oxygen atoms in total. The lowest BCUT2D eigenvalue weighted by Gasteiger charge is -2.28. The highest BCUT2D eigenvalue weighted by atomic mass is 32.2. The van der Waals surface area contributed by atoms with Gasteiger partial charge in [-0.25, -0.2) is 12.7 Å². The quantitative estimate of drug-likeness (QED) is 0.795. The van der Waals surface area contributed by atoms with Gasteiger partial charge < -0.3 is 10.2 Å². The smallest absolute Gasteiger partial charge is 0.253 e. The Kier molecular flexibility index (Phi) is 5.84. The van der Waals surface area contributed by atoms with Gasteiger partial charge in [-0.2, -0.15) is 0 Å². The maximum absolute atomic E-state index is 13.4. The van der Waals surface area contributed by atoms with Crippen molar-refractivity contribution in [2.24, 2.45) is 0 Å². The normalized spacial score (nSPS) is 19.0. The number of rotatable bonds is 5. The molecule has 0 unspecified atom stereocenters. The second-order valence-electron chi connectivity index (χ2n) is 8.28. The highest BCUT2D eigenvalue weighted by Gasteiger charge is 2.27. The van der Waals surface area contributed by atoms with Crippen molar-refractivity contribution >= 4 is 21.6 Å². The first kappa shape index (κ1) is 20.9. The van der Waals surface area contributed by atoms with E-state index in [-0.39, 0.29) is 16.8 Å². The predicted octanol–water partition coefficient (Wildman–Crippen LogP) is 3.34. The minimum Gasteiger partial charge on any atom is -0.371 e. The Hall–Kier alpha value is -2.38. The second kappa shape index (κ2) is 8.40. The molecule has 0 bridgehead atoms. The summed E-state index contributed by atoms with van der Waals surface area (Å²) in [4.78, 5) is 15.7. The van der Waals surface area contributed by atoms with E-state index in [4.69, 9.17) is 0 Å². The molecule has 0 saturated carbocycles. The monoisotopic (exact) mass is 427 g/mol. The molecule has 1 atom stereocenters. The number of hydrogen-bond acceptors (Lipinski definition) is 4. The van der Waals surface area contributed by atoms with Gasteiger partial charge in [-0.3, -0.25) is 4.79 Å². The molecule has 2 aromatic carbocycles. The van der Waals surface area contributed by atoms with Gasteiger partial charge in [-0.15, -0.1) is 0 Å². The number of benzene rings is 2. The Morgan fingerprint density at radius 2 is 1.80 bits per heavy atom. The van der Waals surface area contributed by atoms with Crippen molar-refractivity contribution < 1.29 is 13.2 Å². The van der Waals surface area contributed by atoms with E-state index < -0.39 is 10.0 Å². The maximum atomic E-state index is 13.4. The first-order valence-electron chi connectivity index (χ1n) is 10.6. The average molecular weight is 428 g/mol. The molecule has 1 amide bonds. The summed E-state index contributed by atoms with van der Waals surface area (Å²) in [7, 11) is -0.615. The summed E-state index contributed by atoms with van der Waals surface area (Å²) in [5, 5.41) is 3.19. The summed E-state index contributed by atoms with van der Waals surface area (Å²) < 4.78 is 26.5. The van der Waals surface area contributed by atoms with Crippen LogP contribution in [0.2, 0.25) is 0 Å². The summed E-state index contributed by atoms with van der Waals surface area (Å²) in [5.74, 6) is -0.214. The Balaban J connectivity index is 1.70. The van der Waals surface area contributed by atoms with Crippen LogP contribution in [0.15, 0.2) is 47.4 Å². The van der Waals surface area contributed by atoms with Crippen molar-refractivity contribution in [3.05, 3.63) is 59.2 Å². The van der Waals surface area contributed by atoms with Crippen LogP contribution in [0.1, 0.15) is 53.2 Å². The third-order valence-electron chi connectivity index (χ3n) is 6.11. The lowest BCUT2D eigenvalue weighted by atomic mass is 9.87. The molecule has 1 heterocycles. The third kappa shape index (κ3) is 3.96. The van der Waals surface area contributed by atoms with Crippen molar-refractivity contribution in [2.45, 2.75) is 43.0 Å². The lowest BCUT2D eigenvalue weighted by Crippen LogP contribution is -2.33. The van der Waals surface area contributed by atoms with Crippen LogP contribution in [0.25, 0.3) is 0 Å². The number of amides is 1. The summed E-state index contributed by atoms with van der Waals surface area (Å²) >= 11 is 0. The average Bonchev–Trinajstić information content (AvgIpc) is 3.28. The fraction of sp³-hybridized carbons (Fsp3) is 0.435. The molecule has 1 aliphatic carbocycles. The molecule has 2 aromatic rings. The van der Waals surface area contributed by atoms with E-state index in [2.05, 4.69) is 22.3 Å². The van der Waals surface area contributed by atoms with E-state index in [0.29, 0.717) is 5.56 Å². The lowest BCUT2D eigenvalue weighted by molar-refractivity contribution is 0.0933. The van der Waals surface area contributed by atoms with Gasteiger partial charge in [0.05, 0.1) is 16.5 Å². The standard InChI is InChI=1S/C23H29N3O3S/c1-25(2)30(28,29)18-12-13-22(26-14-5-6-15-26)20(16-18)23(27)24-21-11-7-9-17-8-3-4-10-19(17)21/h3-4,8,10,12-13,16,21H,5-7,9,11,14-15H2,1-2H3,(H,24,27)/t21-/m1/s1. The highest BCUT2D eigenvalue weighted by molar-refractivity contribution is 7.89. The van der Waals surface area contributed by atoms with Crippen LogP contribution >= 0.6 is 0 Å². The molecule has 2 aliphatic rings. The minimum absolute atomic E-state index is 0.0528. The van der Waals surface area contributed by atoms with E-state index in [0.717, 1.165) is 56.4 Å². The zero-order valence-electron chi connectivity index (χ0n) is 17.6. The third-order valence-corrected chi connectivity index (χ3v) is 7.92. The Morgan fingerprint density at radius 3 is 2.53 bits per heavy atom. The number of hydrogen-bond donors (Lipinski definition) is 1. The largest absolute Gasteiger partial charge is 0.371 e. The number of aryl methyl sites for hydroxylation is 1. The van der Waals surface area contributed by atoms with Gasteiger partial charge in [0.2, 0.25) is 10.0 Å². The van der Waals surface area contributed by atoms with Crippen molar-refractivity contribution in [2.75, 3.05) is 32.1 Å². The SMILES string of the molecule is CN(C)S(=O)(=O)c1ccc(N2CCCC2)c(C(=O)N[C@@H]2CCCc3ccccc32)c1. The van der Waals surface area contributed by atoms with Gasteiger partial charge in [0.25, 0.3) is 5.91 Å². The fourth-order valence-corrected chi connectivity index (χ4v) is 5.37. The van der Waals surface area contributed by atoms with Gasteiger partial charge in [-0.05, 0) is 61.4 Å². The number of carbonyl (C=O) groups excluding carboxylic acids is 1. The van der Waals surface area contributed by atoms with Crippen LogP contribution in [0.3, 0.4) is 0 Å². The van der Waals surface area contributed by atoms with Gasteiger partial charge in [-0.1, -0.05) is 24.3 Å². The highest BCUT2D eigenvalue weighted by Crippen LogP contribution is 2.32. The number of sulfonamides is 1. The van der Waals surface area contributed by atoms with Crippen LogP contribution < -0.4 is 10.2 Å². The predicted molar refractivity (Wildman–Crippen MR) is 118 cm³/mol. The van der Waals surface area contributed by atoms with Crippen molar-refractivity contribution in [3.8, 4) is 0 Å². The summed E-state index contributed by atoms with van der Waals surface area (Å²) in [6.45, 7) is 1.76. The van der Waals surface area contributed by atoms with E-state index in [9.17, 15) is 13.2 Å². The summed E-state index contributed by atoms with van der Waals surface area (Å²) in [6.07, 6.45) is 5.09. The number of anilines is 1. The van der Waals surface area contributed by atoms with Crippen LogP contribution in [0.4, 0.5) is 5.69 Å². The van der Waals surface area contributed by atoms with Gasteiger partial charge in [0.15, 0.2) is 0 Å². The number of carbonyl (C=O) groups is 1. The fourth-order valence-electron chi connectivity index (χ4n) is 4.44. The molecule has 30 heavy (non-hydrogen) atoms. The second-order valence-corrected chi connectivity index (χ2v) is 10.4. The molecular formula is C23H29N3O3S. The van der Waals surface area contributed by atoms with Crippen LogP contribution in [-0.2, 0) is 16.4 Å². The number of fused-ring (bicyclic) bond motifs is 1. The summed E-state index contributed by atoms with van der Waals surface area (Å²) in [5.41, 5.74) is 3.68. The van der Waals surface area contributed by atoms with Crippen LogP contribution in [-0.4, -0.2) is 45.8 Å². The Bertz CT molecular complexity index is 1040. The van der Waals surface area contributed by atoms with E-state index in [1.54, 1.807) is 12.1 Å².